The molecule has 0 rings (SSSR count). The predicted octanol–water partition coefficient (Wildman–Crippen LogP) is 20.8. The summed E-state index contributed by atoms with van der Waals surface area (Å²) >= 11 is 0. The highest BCUT2D eigenvalue weighted by molar-refractivity contribution is 7.47. The van der Waals surface area contributed by atoms with Crippen molar-refractivity contribution < 1.29 is 80.2 Å². The highest BCUT2D eigenvalue weighted by atomic mass is 31.2. The molecule has 19 heteroatoms. The van der Waals surface area contributed by atoms with Crippen LogP contribution in [0.4, 0.5) is 0 Å². The first-order valence-corrected chi connectivity index (χ1v) is 40.5. The Morgan fingerprint density at radius 1 is 0.319 bits per heavy atom. The molecule has 6 atom stereocenters. The third-order valence-electron chi connectivity index (χ3n) is 17.1. The van der Waals surface area contributed by atoms with Gasteiger partial charge in [-0.2, -0.15) is 0 Å². The van der Waals surface area contributed by atoms with Crippen LogP contribution in [0.25, 0.3) is 0 Å². The molecule has 0 spiro atoms. The molecule has 540 valence electrons. The van der Waals surface area contributed by atoms with Gasteiger partial charge >= 0.3 is 39.5 Å². The molecular weight excluding hydrogens is 1200 g/mol. The summed E-state index contributed by atoms with van der Waals surface area (Å²) in [6.07, 6.45) is 50.5. The lowest BCUT2D eigenvalue weighted by atomic mass is 9.99. The summed E-state index contributed by atoms with van der Waals surface area (Å²) < 4.78 is 68.1. The standard InChI is InChI=1S/C72H140O17P2/c1-7-10-12-14-15-16-17-18-26-29-32-37-43-49-55-70(75)83-61-68(89-71(76)56-50-44-38-33-30-27-24-22-20-19-21-23-25-28-31-36-42-47-53-65(6)9-3)63-87-91(80,81)85-59-66(73)58-84-90(78,79)86-62-67(60-82-69(74)54-48-40-13-11-8-2)88-72(77)57-51-45-39-34-35-41-46-52-64(4)5/h64-68,73H,7-63H2,1-6H3,(H,78,79)(H,80,81)/t65?,66-,67+,68+/m0/s1. The molecule has 17 nitrogen and oxygen atoms in total. The maximum atomic E-state index is 13.1. The SMILES string of the molecule is CCCCCCCCCCCCCCCCC(=O)OC[C@H](COP(=O)(O)OC[C@@H](O)COP(=O)(O)OC[C@@H](COC(=O)CCCCCCC)OC(=O)CCCCCCCCCC(C)C)OC(=O)CCCCCCCCCCCCCCCCCCCCC(C)CC. The van der Waals surface area contributed by atoms with E-state index in [0.717, 1.165) is 102 Å². The van der Waals surface area contributed by atoms with E-state index in [9.17, 15) is 43.2 Å². The summed E-state index contributed by atoms with van der Waals surface area (Å²) in [4.78, 5) is 72.3. The number of hydrogen-bond donors (Lipinski definition) is 3. The zero-order chi connectivity index (χ0) is 67.2. The summed E-state index contributed by atoms with van der Waals surface area (Å²) in [6.45, 7) is 9.47. The van der Waals surface area contributed by atoms with Gasteiger partial charge in [0.1, 0.15) is 19.3 Å². The molecule has 0 aromatic rings. The van der Waals surface area contributed by atoms with Crippen LogP contribution in [0, 0.1) is 11.8 Å². The van der Waals surface area contributed by atoms with Crippen molar-refractivity contribution in [2.45, 2.75) is 387 Å². The van der Waals surface area contributed by atoms with Crippen molar-refractivity contribution in [2.75, 3.05) is 39.6 Å². The molecule has 0 aliphatic heterocycles. The largest absolute Gasteiger partial charge is 0.472 e. The zero-order valence-corrected chi connectivity index (χ0v) is 60.9. The quantitative estimate of drug-likeness (QED) is 0.0222. The molecule has 0 saturated heterocycles. The van der Waals surface area contributed by atoms with Gasteiger partial charge in [-0.05, 0) is 37.5 Å². The van der Waals surface area contributed by atoms with Crippen molar-refractivity contribution in [3.63, 3.8) is 0 Å². The molecule has 3 N–H and O–H groups in total. The number of hydrogen-bond acceptors (Lipinski definition) is 15. The minimum atomic E-state index is -4.95. The topological polar surface area (TPSA) is 237 Å². The summed E-state index contributed by atoms with van der Waals surface area (Å²) in [6, 6.07) is 0. The molecule has 0 aliphatic carbocycles. The Balaban J connectivity index is 5.10. The minimum absolute atomic E-state index is 0.103. The van der Waals surface area contributed by atoms with Crippen molar-refractivity contribution >= 4 is 39.5 Å². The molecule has 0 bridgehead atoms. The van der Waals surface area contributed by atoms with Gasteiger partial charge in [-0.15, -0.1) is 0 Å². The maximum absolute atomic E-state index is 13.1. The predicted molar refractivity (Wildman–Crippen MR) is 368 cm³/mol. The van der Waals surface area contributed by atoms with Crippen molar-refractivity contribution in [2.24, 2.45) is 11.8 Å². The molecule has 3 unspecified atom stereocenters. The fraction of sp³-hybridized carbons (Fsp3) is 0.944. The second-order valence-electron chi connectivity index (χ2n) is 26.7. The number of carbonyl (C=O) groups excluding carboxylic acids is 4. The third kappa shape index (κ3) is 65.1. The number of phosphoric ester groups is 2. The average Bonchev–Trinajstić information content (AvgIpc) is 3.64. The van der Waals surface area contributed by atoms with E-state index in [0.29, 0.717) is 31.6 Å². The van der Waals surface area contributed by atoms with Crippen LogP contribution in [-0.2, 0) is 65.4 Å². The van der Waals surface area contributed by atoms with Crippen LogP contribution in [0.3, 0.4) is 0 Å². The van der Waals surface area contributed by atoms with Crippen LogP contribution in [0.1, 0.15) is 369 Å². The van der Waals surface area contributed by atoms with Gasteiger partial charge in [0, 0.05) is 25.7 Å². The molecular formula is C72H140O17P2. The molecule has 91 heavy (non-hydrogen) atoms. The number of esters is 4. The van der Waals surface area contributed by atoms with Crippen molar-refractivity contribution in [3.05, 3.63) is 0 Å². The Hall–Kier alpha value is -1.94. The monoisotopic (exact) mass is 1340 g/mol. The number of rotatable bonds is 71. The molecule has 0 saturated carbocycles. The normalized spacial score (nSPS) is 14.4. The van der Waals surface area contributed by atoms with Gasteiger partial charge in [0.05, 0.1) is 26.4 Å². The van der Waals surface area contributed by atoms with E-state index in [2.05, 4.69) is 41.5 Å². The van der Waals surface area contributed by atoms with Gasteiger partial charge in [0.25, 0.3) is 0 Å². The van der Waals surface area contributed by atoms with E-state index in [-0.39, 0.29) is 25.7 Å². The molecule has 0 amide bonds. The third-order valence-corrected chi connectivity index (χ3v) is 19.0. The average molecular weight is 1340 g/mol. The Bertz CT molecular complexity index is 1770. The lowest BCUT2D eigenvalue weighted by molar-refractivity contribution is -0.161. The van der Waals surface area contributed by atoms with E-state index >= 15 is 0 Å². The molecule has 0 fully saturated rings. The first kappa shape index (κ1) is 89.1. The van der Waals surface area contributed by atoms with Gasteiger partial charge < -0.3 is 33.8 Å². The fourth-order valence-corrected chi connectivity index (χ4v) is 12.5. The van der Waals surface area contributed by atoms with Crippen LogP contribution in [0.15, 0.2) is 0 Å². The molecule has 0 aliphatic rings. The van der Waals surface area contributed by atoms with Crippen LogP contribution < -0.4 is 0 Å². The number of aliphatic hydroxyl groups excluding tert-OH is 1. The number of carbonyl (C=O) groups is 4. The van der Waals surface area contributed by atoms with E-state index in [1.54, 1.807) is 0 Å². The lowest BCUT2D eigenvalue weighted by Gasteiger charge is -2.21. The van der Waals surface area contributed by atoms with Crippen LogP contribution in [-0.4, -0.2) is 96.7 Å². The number of aliphatic hydroxyl groups is 1. The van der Waals surface area contributed by atoms with Crippen molar-refractivity contribution in [1.29, 1.82) is 0 Å². The van der Waals surface area contributed by atoms with Gasteiger partial charge in [-0.3, -0.25) is 37.3 Å². The second-order valence-corrected chi connectivity index (χ2v) is 29.6. The Morgan fingerprint density at radius 3 is 0.835 bits per heavy atom. The highest BCUT2D eigenvalue weighted by Crippen LogP contribution is 2.45. The lowest BCUT2D eigenvalue weighted by Crippen LogP contribution is -2.30. The summed E-state index contributed by atoms with van der Waals surface area (Å²) in [7, 11) is -9.89. The molecule has 0 aromatic carbocycles. The number of phosphoric acid groups is 2. The molecule has 0 aromatic heterocycles. The van der Waals surface area contributed by atoms with Gasteiger partial charge in [0.2, 0.25) is 0 Å². The first-order valence-electron chi connectivity index (χ1n) is 37.5. The summed E-state index contributed by atoms with van der Waals surface area (Å²) in [5.41, 5.74) is 0. The van der Waals surface area contributed by atoms with Gasteiger partial charge in [0.15, 0.2) is 12.2 Å². The molecule has 0 heterocycles. The maximum Gasteiger partial charge on any atom is 0.472 e. The van der Waals surface area contributed by atoms with E-state index in [1.807, 2.05) is 0 Å². The van der Waals surface area contributed by atoms with E-state index < -0.39 is 97.5 Å². The number of ether oxygens (including phenoxy) is 4. The van der Waals surface area contributed by atoms with Crippen LogP contribution in [0.2, 0.25) is 0 Å². The molecule has 0 radical (unpaired) electrons. The summed E-state index contributed by atoms with van der Waals surface area (Å²) in [5, 5.41) is 10.6. The van der Waals surface area contributed by atoms with Crippen molar-refractivity contribution in [3.8, 4) is 0 Å². The van der Waals surface area contributed by atoms with Gasteiger partial charge in [-0.1, -0.05) is 318 Å². The van der Waals surface area contributed by atoms with Crippen LogP contribution >= 0.6 is 15.6 Å². The Labute approximate surface area is 556 Å². The highest BCUT2D eigenvalue weighted by Gasteiger charge is 2.30. The zero-order valence-electron chi connectivity index (χ0n) is 59.1. The van der Waals surface area contributed by atoms with E-state index in [1.165, 1.54) is 180 Å². The first-order chi connectivity index (χ1) is 43.9. The van der Waals surface area contributed by atoms with Crippen LogP contribution in [0.5, 0.6) is 0 Å². The Kier molecular flexibility index (Phi) is 62.7. The fourth-order valence-electron chi connectivity index (χ4n) is 10.9. The summed E-state index contributed by atoms with van der Waals surface area (Å²) in [5.74, 6) is -0.568. The second kappa shape index (κ2) is 64.1. The van der Waals surface area contributed by atoms with Gasteiger partial charge in [-0.25, -0.2) is 9.13 Å². The van der Waals surface area contributed by atoms with E-state index in [4.69, 9.17) is 37.0 Å². The van der Waals surface area contributed by atoms with Crippen molar-refractivity contribution in [1.82, 2.24) is 0 Å². The smallest absolute Gasteiger partial charge is 0.462 e. The minimum Gasteiger partial charge on any atom is -0.462 e. The number of unbranched alkanes of at least 4 members (excludes halogenated alkanes) is 40. The Morgan fingerprint density at radius 2 is 0.560 bits per heavy atom.